The van der Waals surface area contributed by atoms with E-state index in [1.807, 2.05) is 29.8 Å². The fraction of sp³-hybridized carbons (Fsp3) is 0.200. The number of nitrogens with zero attached hydrogens (tertiary/aromatic N) is 3. The fourth-order valence-corrected chi connectivity index (χ4v) is 1.98. The Labute approximate surface area is 92.0 Å². The molecule has 2 heterocycles. The molecule has 0 aliphatic carbocycles. The second-order valence-electron chi connectivity index (χ2n) is 3.02. The molecule has 0 spiro atoms. The van der Waals surface area contributed by atoms with E-state index in [2.05, 4.69) is 9.97 Å². The first kappa shape index (κ1) is 10.2. The van der Waals surface area contributed by atoms with Crippen molar-refractivity contribution in [2.45, 2.75) is 16.8 Å². The summed E-state index contributed by atoms with van der Waals surface area (Å²) in [7, 11) is 1.88. The van der Waals surface area contributed by atoms with Crippen molar-refractivity contribution in [1.29, 1.82) is 0 Å². The van der Waals surface area contributed by atoms with Gasteiger partial charge < -0.3 is 9.67 Å². The van der Waals surface area contributed by atoms with Crippen LogP contribution in [0.5, 0.6) is 0 Å². The number of pyridine rings is 1. The second-order valence-corrected chi connectivity index (χ2v) is 4.01. The topological polar surface area (TPSA) is 50.9 Å². The normalized spacial score (nSPS) is 10.5. The summed E-state index contributed by atoms with van der Waals surface area (Å²) in [6, 6.07) is 5.74. The van der Waals surface area contributed by atoms with Gasteiger partial charge in [-0.1, -0.05) is 6.07 Å². The number of rotatable bonds is 3. The molecule has 0 atom stereocenters. The lowest BCUT2D eigenvalue weighted by Gasteiger charge is -2.02. The molecule has 0 aliphatic heterocycles. The van der Waals surface area contributed by atoms with Crippen molar-refractivity contribution in [3.8, 4) is 0 Å². The van der Waals surface area contributed by atoms with Crippen molar-refractivity contribution < 1.29 is 5.11 Å². The van der Waals surface area contributed by atoms with Crippen LogP contribution in [0.25, 0.3) is 0 Å². The van der Waals surface area contributed by atoms with Gasteiger partial charge in [-0.15, -0.1) is 0 Å². The molecule has 2 aromatic heterocycles. The minimum Gasteiger partial charge on any atom is -0.390 e. The Morgan fingerprint density at radius 2 is 2.27 bits per heavy atom. The predicted octanol–water partition coefficient (Wildman–Crippen LogP) is 1.46. The monoisotopic (exact) mass is 221 g/mol. The Morgan fingerprint density at radius 3 is 2.87 bits per heavy atom. The van der Waals surface area contributed by atoms with Crippen LogP contribution in [0.1, 0.15) is 5.69 Å². The highest BCUT2D eigenvalue weighted by Crippen LogP contribution is 2.24. The van der Waals surface area contributed by atoms with Gasteiger partial charge in [0.05, 0.1) is 18.5 Å². The molecule has 0 bridgehead atoms. The quantitative estimate of drug-likeness (QED) is 0.852. The summed E-state index contributed by atoms with van der Waals surface area (Å²) in [5.41, 5.74) is 0.799. The Bertz CT molecular complexity index is 441. The molecule has 5 heteroatoms. The van der Waals surface area contributed by atoms with Crippen LogP contribution in [-0.2, 0) is 13.7 Å². The van der Waals surface area contributed by atoms with E-state index in [0.29, 0.717) is 0 Å². The van der Waals surface area contributed by atoms with Gasteiger partial charge in [0.2, 0.25) is 0 Å². The van der Waals surface area contributed by atoms with Gasteiger partial charge in [-0.3, -0.25) is 0 Å². The number of imidazole rings is 1. The molecule has 0 radical (unpaired) electrons. The van der Waals surface area contributed by atoms with E-state index >= 15 is 0 Å². The van der Waals surface area contributed by atoms with Crippen LogP contribution in [0.2, 0.25) is 0 Å². The van der Waals surface area contributed by atoms with Gasteiger partial charge in [0.15, 0.2) is 5.16 Å². The predicted molar refractivity (Wildman–Crippen MR) is 57.5 cm³/mol. The van der Waals surface area contributed by atoms with Crippen molar-refractivity contribution in [2.75, 3.05) is 0 Å². The molecule has 15 heavy (non-hydrogen) atoms. The third-order valence-corrected chi connectivity index (χ3v) is 3.05. The van der Waals surface area contributed by atoms with E-state index in [1.165, 1.54) is 11.8 Å². The van der Waals surface area contributed by atoms with Crippen LogP contribution in [0.3, 0.4) is 0 Å². The lowest BCUT2D eigenvalue weighted by Crippen LogP contribution is -1.97. The molecule has 2 aromatic rings. The lowest BCUT2D eigenvalue weighted by molar-refractivity contribution is 0.271. The molecule has 2 rings (SSSR count). The third kappa shape index (κ3) is 2.19. The van der Waals surface area contributed by atoms with Crippen molar-refractivity contribution >= 4 is 11.8 Å². The van der Waals surface area contributed by atoms with Gasteiger partial charge in [0, 0.05) is 13.2 Å². The Hall–Kier alpha value is -1.33. The molecule has 0 fully saturated rings. The standard InChI is InChI=1S/C10H11N3OS/c1-13-8(7-14)6-12-10(13)15-9-4-2-3-5-11-9/h2-6,14H,7H2,1H3. The largest absolute Gasteiger partial charge is 0.390 e. The first-order chi connectivity index (χ1) is 7.31. The first-order valence-electron chi connectivity index (χ1n) is 4.51. The van der Waals surface area contributed by atoms with Crippen LogP contribution in [0.4, 0.5) is 0 Å². The van der Waals surface area contributed by atoms with Crippen molar-refractivity contribution in [1.82, 2.24) is 14.5 Å². The highest BCUT2D eigenvalue weighted by molar-refractivity contribution is 7.99. The lowest BCUT2D eigenvalue weighted by atomic mass is 10.5. The van der Waals surface area contributed by atoms with Gasteiger partial charge in [-0.25, -0.2) is 9.97 Å². The van der Waals surface area contributed by atoms with Crippen LogP contribution >= 0.6 is 11.8 Å². The zero-order chi connectivity index (χ0) is 10.7. The molecular formula is C10H11N3OS. The molecule has 4 nitrogen and oxygen atoms in total. The third-order valence-electron chi connectivity index (χ3n) is 2.04. The minimum absolute atomic E-state index is 0.00623. The van der Waals surface area contributed by atoms with Gasteiger partial charge in [0.1, 0.15) is 5.03 Å². The maximum Gasteiger partial charge on any atom is 0.174 e. The minimum atomic E-state index is 0.00623. The average molecular weight is 221 g/mol. The first-order valence-corrected chi connectivity index (χ1v) is 5.33. The highest BCUT2D eigenvalue weighted by atomic mass is 32.2. The van der Waals surface area contributed by atoms with Crippen molar-refractivity contribution in [3.63, 3.8) is 0 Å². The van der Waals surface area contributed by atoms with Crippen LogP contribution in [0.15, 0.2) is 40.8 Å². The summed E-state index contributed by atoms with van der Waals surface area (Å²) in [4.78, 5) is 8.41. The summed E-state index contributed by atoms with van der Waals surface area (Å²) >= 11 is 1.48. The summed E-state index contributed by atoms with van der Waals surface area (Å²) in [6.45, 7) is 0.00623. The number of aromatic nitrogens is 3. The highest BCUT2D eigenvalue weighted by Gasteiger charge is 2.07. The van der Waals surface area contributed by atoms with E-state index < -0.39 is 0 Å². The van der Waals surface area contributed by atoms with E-state index in [1.54, 1.807) is 12.4 Å². The summed E-state index contributed by atoms with van der Waals surface area (Å²) in [5.74, 6) is 0. The smallest absolute Gasteiger partial charge is 0.174 e. The second kappa shape index (κ2) is 4.46. The molecule has 1 N–H and O–H groups in total. The molecule has 0 aliphatic rings. The maximum atomic E-state index is 9.01. The Kier molecular flexibility index (Phi) is 3.03. The number of hydrogen-bond donors (Lipinski definition) is 1. The number of aliphatic hydroxyl groups excluding tert-OH is 1. The molecule has 0 saturated heterocycles. The average Bonchev–Trinajstić information content (AvgIpc) is 2.62. The molecular weight excluding hydrogens is 210 g/mol. The Morgan fingerprint density at radius 1 is 1.40 bits per heavy atom. The Balaban J connectivity index is 2.21. The molecule has 0 aromatic carbocycles. The molecule has 0 saturated carbocycles. The van der Waals surface area contributed by atoms with Crippen LogP contribution in [0, 0.1) is 0 Å². The van der Waals surface area contributed by atoms with Gasteiger partial charge in [-0.2, -0.15) is 0 Å². The van der Waals surface area contributed by atoms with Gasteiger partial charge >= 0.3 is 0 Å². The van der Waals surface area contributed by atoms with E-state index in [4.69, 9.17) is 5.11 Å². The molecule has 0 amide bonds. The summed E-state index contributed by atoms with van der Waals surface area (Å²) in [5, 5.41) is 10.7. The molecule has 78 valence electrons. The van der Waals surface area contributed by atoms with Crippen LogP contribution in [-0.4, -0.2) is 19.6 Å². The van der Waals surface area contributed by atoms with E-state index in [0.717, 1.165) is 15.9 Å². The summed E-state index contributed by atoms with van der Waals surface area (Å²) in [6.07, 6.45) is 3.42. The van der Waals surface area contributed by atoms with Gasteiger partial charge in [0.25, 0.3) is 0 Å². The fourth-order valence-electron chi connectivity index (χ4n) is 1.17. The zero-order valence-electron chi connectivity index (χ0n) is 8.29. The number of aliphatic hydroxyl groups is 1. The van der Waals surface area contributed by atoms with Crippen molar-refractivity contribution in [3.05, 3.63) is 36.3 Å². The van der Waals surface area contributed by atoms with Gasteiger partial charge in [-0.05, 0) is 23.9 Å². The molecule has 0 unspecified atom stereocenters. The van der Waals surface area contributed by atoms with E-state index in [-0.39, 0.29) is 6.61 Å². The zero-order valence-corrected chi connectivity index (χ0v) is 9.11. The number of hydrogen-bond acceptors (Lipinski definition) is 4. The van der Waals surface area contributed by atoms with Crippen LogP contribution < -0.4 is 0 Å². The maximum absolute atomic E-state index is 9.01. The SMILES string of the molecule is Cn1c(CO)cnc1Sc1ccccn1. The summed E-state index contributed by atoms with van der Waals surface area (Å²) < 4.78 is 1.86. The van der Waals surface area contributed by atoms with Crippen molar-refractivity contribution in [2.24, 2.45) is 7.05 Å². The van der Waals surface area contributed by atoms with E-state index in [9.17, 15) is 0 Å².